The molecule has 2 amide bonds. The van der Waals surface area contributed by atoms with Gasteiger partial charge in [-0.1, -0.05) is 25.1 Å². The van der Waals surface area contributed by atoms with Gasteiger partial charge >= 0.3 is 0 Å². The number of benzene rings is 2. The number of anilines is 2. The standard InChI is InChI=1S/C18H20N2O2/c1-4-14-7-5-6-12(2)17(14)20-18(22)15-8-10-16(11-9-15)19-13(3)21/h5-11H,4H2,1-3H3,(H,19,21)(H,20,22). The molecule has 2 aromatic rings. The van der Waals surface area contributed by atoms with Crippen molar-refractivity contribution >= 4 is 23.2 Å². The van der Waals surface area contributed by atoms with E-state index in [0.29, 0.717) is 11.3 Å². The summed E-state index contributed by atoms with van der Waals surface area (Å²) in [6, 6.07) is 12.8. The molecule has 0 radical (unpaired) electrons. The van der Waals surface area contributed by atoms with Crippen molar-refractivity contribution in [3.05, 3.63) is 59.2 Å². The zero-order valence-corrected chi connectivity index (χ0v) is 13.1. The Morgan fingerprint density at radius 3 is 2.27 bits per heavy atom. The lowest BCUT2D eigenvalue weighted by molar-refractivity contribution is -0.114. The van der Waals surface area contributed by atoms with Crippen LogP contribution >= 0.6 is 0 Å². The molecule has 0 aliphatic carbocycles. The van der Waals surface area contributed by atoms with Gasteiger partial charge in [0, 0.05) is 23.9 Å². The summed E-state index contributed by atoms with van der Waals surface area (Å²) < 4.78 is 0. The molecule has 2 N–H and O–H groups in total. The summed E-state index contributed by atoms with van der Waals surface area (Å²) in [5, 5.41) is 5.66. The van der Waals surface area contributed by atoms with Gasteiger partial charge in [-0.2, -0.15) is 0 Å². The molecule has 4 heteroatoms. The highest BCUT2D eigenvalue weighted by atomic mass is 16.2. The van der Waals surface area contributed by atoms with Crippen LogP contribution in [0.2, 0.25) is 0 Å². The Hall–Kier alpha value is -2.62. The van der Waals surface area contributed by atoms with E-state index in [1.165, 1.54) is 6.92 Å². The van der Waals surface area contributed by atoms with Crippen LogP contribution in [0.4, 0.5) is 11.4 Å². The maximum absolute atomic E-state index is 12.4. The molecule has 0 heterocycles. The van der Waals surface area contributed by atoms with E-state index in [4.69, 9.17) is 0 Å². The maximum atomic E-state index is 12.4. The SMILES string of the molecule is CCc1cccc(C)c1NC(=O)c1ccc(NC(C)=O)cc1. The van der Waals surface area contributed by atoms with Crippen LogP contribution in [-0.4, -0.2) is 11.8 Å². The fourth-order valence-electron chi connectivity index (χ4n) is 2.30. The predicted octanol–water partition coefficient (Wildman–Crippen LogP) is 3.77. The first kappa shape index (κ1) is 15.8. The molecule has 0 aromatic heterocycles. The third kappa shape index (κ3) is 3.73. The van der Waals surface area contributed by atoms with Crippen molar-refractivity contribution in [2.45, 2.75) is 27.2 Å². The highest BCUT2D eigenvalue weighted by Crippen LogP contribution is 2.22. The fourth-order valence-corrected chi connectivity index (χ4v) is 2.30. The van der Waals surface area contributed by atoms with E-state index >= 15 is 0 Å². The van der Waals surface area contributed by atoms with Gasteiger partial charge in [0.1, 0.15) is 0 Å². The molecule has 22 heavy (non-hydrogen) atoms. The number of para-hydroxylation sites is 1. The molecular formula is C18H20N2O2. The number of aryl methyl sites for hydroxylation is 2. The predicted molar refractivity (Wildman–Crippen MR) is 89.3 cm³/mol. The van der Waals surface area contributed by atoms with Crippen LogP contribution in [0.1, 0.15) is 35.3 Å². The minimum absolute atomic E-state index is 0.135. The topological polar surface area (TPSA) is 58.2 Å². The van der Waals surface area contributed by atoms with Crippen molar-refractivity contribution < 1.29 is 9.59 Å². The van der Waals surface area contributed by atoms with E-state index in [2.05, 4.69) is 17.6 Å². The van der Waals surface area contributed by atoms with Crippen LogP contribution in [0.3, 0.4) is 0 Å². The van der Waals surface area contributed by atoms with Crippen LogP contribution in [-0.2, 0) is 11.2 Å². The Labute approximate surface area is 130 Å². The van der Waals surface area contributed by atoms with Crippen LogP contribution in [0, 0.1) is 6.92 Å². The average molecular weight is 296 g/mol. The number of carbonyl (C=O) groups is 2. The zero-order valence-electron chi connectivity index (χ0n) is 13.1. The number of amides is 2. The van der Waals surface area contributed by atoms with Crippen molar-refractivity contribution in [3.63, 3.8) is 0 Å². The van der Waals surface area contributed by atoms with E-state index in [-0.39, 0.29) is 11.8 Å². The molecule has 2 rings (SSSR count). The van der Waals surface area contributed by atoms with Gasteiger partial charge in [-0.3, -0.25) is 9.59 Å². The lowest BCUT2D eigenvalue weighted by atomic mass is 10.1. The third-order valence-electron chi connectivity index (χ3n) is 3.45. The first-order valence-electron chi connectivity index (χ1n) is 7.28. The molecule has 0 saturated heterocycles. The van der Waals surface area contributed by atoms with Gasteiger partial charge in [0.05, 0.1) is 0 Å². The van der Waals surface area contributed by atoms with Crippen molar-refractivity contribution in [1.82, 2.24) is 0 Å². The Balaban J connectivity index is 2.17. The van der Waals surface area contributed by atoms with E-state index in [1.54, 1.807) is 24.3 Å². The highest BCUT2D eigenvalue weighted by Gasteiger charge is 2.10. The number of hydrogen-bond acceptors (Lipinski definition) is 2. The second kappa shape index (κ2) is 6.89. The Morgan fingerprint density at radius 1 is 1.00 bits per heavy atom. The molecule has 0 saturated carbocycles. The van der Waals surface area contributed by atoms with Crippen molar-refractivity contribution in [2.75, 3.05) is 10.6 Å². The van der Waals surface area contributed by atoms with Gasteiger partial charge in [-0.25, -0.2) is 0 Å². The van der Waals surface area contributed by atoms with E-state index in [1.807, 2.05) is 25.1 Å². The molecule has 4 nitrogen and oxygen atoms in total. The Kier molecular flexibility index (Phi) is 4.94. The minimum Gasteiger partial charge on any atom is -0.326 e. The molecular weight excluding hydrogens is 276 g/mol. The van der Waals surface area contributed by atoms with Crippen LogP contribution in [0.5, 0.6) is 0 Å². The van der Waals surface area contributed by atoms with Gasteiger partial charge in [0.25, 0.3) is 5.91 Å². The monoisotopic (exact) mass is 296 g/mol. The van der Waals surface area contributed by atoms with Gasteiger partial charge in [0.15, 0.2) is 0 Å². The molecule has 0 aliphatic heterocycles. The van der Waals surface area contributed by atoms with Crippen molar-refractivity contribution in [2.24, 2.45) is 0 Å². The maximum Gasteiger partial charge on any atom is 0.255 e. The number of carbonyl (C=O) groups excluding carboxylic acids is 2. The molecule has 0 bridgehead atoms. The zero-order chi connectivity index (χ0) is 16.1. The van der Waals surface area contributed by atoms with Crippen molar-refractivity contribution in [1.29, 1.82) is 0 Å². The molecule has 0 aliphatic rings. The summed E-state index contributed by atoms with van der Waals surface area (Å²) in [6.45, 7) is 5.49. The normalized spacial score (nSPS) is 10.1. The van der Waals surface area contributed by atoms with E-state index in [0.717, 1.165) is 23.2 Å². The molecule has 0 spiro atoms. The summed E-state index contributed by atoms with van der Waals surface area (Å²) in [6.07, 6.45) is 0.860. The van der Waals surface area contributed by atoms with E-state index < -0.39 is 0 Å². The molecule has 114 valence electrons. The van der Waals surface area contributed by atoms with Crippen LogP contribution < -0.4 is 10.6 Å². The first-order valence-corrected chi connectivity index (χ1v) is 7.28. The fraction of sp³-hybridized carbons (Fsp3) is 0.222. The lowest BCUT2D eigenvalue weighted by Gasteiger charge is -2.13. The second-order valence-corrected chi connectivity index (χ2v) is 5.18. The molecule has 2 aromatic carbocycles. The van der Waals surface area contributed by atoms with E-state index in [9.17, 15) is 9.59 Å². The van der Waals surface area contributed by atoms with Crippen LogP contribution in [0.15, 0.2) is 42.5 Å². The molecule has 0 unspecified atom stereocenters. The van der Waals surface area contributed by atoms with Gasteiger partial charge in [-0.15, -0.1) is 0 Å². The quantitative estimate of drug-likeness (QED) is 0.902. The van der Waals surface area contributed by atoms with Crippen molar-refractivity contribution in [3.8, 4) is 0 Å². The Bertz CT molecular complexity index is 691. The average Bonchev–Trinajstić information content (AvgIpc) is 2.49. The molecule has 0 fully saturated rings. The molecule has 0 atom stereocenters. The summed E-state index contributed by atoms with van der Waals surface area (Å²) in [7, 11) is 0. The lowest BCUT2D eigenvalue weighted by Crippen LogP contribution is -2.14. The largest absolute Gasteiger partial charge is 0.326 e. The van der Waals surface area contributed by atoms with Gasteiger partial charge in [0.2, 0.25) is 5.91 Å². The third-order valence-corrected chi connectivity index (χ3v) is 3.45. The summed E-state index contributed by atoms with van der Waals surface area (Å²) in [5.74, 6) is -0.289. The Morgan fingerprint density at radius 2 is 1.68 bits per heavy atom. The number of rotatable bonds is 4. The highest BCUT2D eigenvalue weighted by molar-refractivity contribution is 6.05. The number of nitrogens with one attached hydrogen (secondary N) is 2. The minimum atomic E-state index is -0.154. The first-order chi connectivity index (χ1) is 10.5. The van der Waals surface area contributed by atoms with Gasteiger partial charge < -0.3 is 10.6 Å². The smallest absolute Gasteiger partial charge is 0.255 e. The summed E-state index contributed by atoms with van der Waals surface area (Å²) >= 11 is 0. The van der Waals surface area contributed by atoms with Gasteiger partial charge in [-0.05, 0) is 48.7 Å². The number of hydrogen-bond donors (Lipinski definition) is 2. The second-order valence-electron chi connectivity index (χ2n) is 5.18. The van der Waals surface area contributed by atoms with Crippen LogP contribution in [0.25, 0.3) is 0 Å². The summed E-state index contributed by atoms with van der Waals surface area (Å²) in [4.78, 5) is 23.4. The summed E-state index contributed by atoms with van der Waals surface area (Å²) in [5.41, 5.74) is 4.26.